The molecule has 1 aliphatic rings. The van der Waals surface area contributed by atoms with Crippen LogP contribution < -0.4 is 0 Å². The first-order valence-corrected chi connectivity index (χ1v) is 8.25. The topological polar surface area (TPSA) is 38.7 Å². The zero-order chi connectivity index (χ0) is 17.1. The minimum absolute atomic E-state index is 0.539. The lowest BCUT2D eigenvalue weighted by Crippen LogP contribution is -2.38. The summed E-state index contributed by atoms with van der Waals surface area (Å²) in [7, 11) is 0. The number of ether oxygens (including phenoxy) is 1. The maximum Gasteiger partial charge on any atom is 0.435 e. The van der Waals surface area contributed by atoms with Crippen LogP contribution in [0.4, 0.5) is 4.79 Å². The summed E-state index contributed by atoms with van der Waals surface area (Å²) < 4.78 is 5.86. The second kappa shape index (κ2) is 6.36. The molecule has 3 nitrogen and oxygen atoms in total. The van der Waals surface area contributed by atoms with Crippen molar-refractivity contribution in [2.24, 2.45) is 4.99 Å². The molecule has 3 aromatic carbocycles. The molecule has 0 saturated heterocycles. The Morgan fingerprint density at radius 1 is 0.760 bits per heavy atom. The van der Waals surface area contributed by atoms with Crippen molar-refractivity contribution in [3.05, 3.63) is 108 Å². The molecule has 4 rings (SSSR count). The summed E-state index contributed by atoms with van der Waals surface area (Å²) in [6.45, 7) is 0. The number of carbonyl (C=O) groups excluding carboxylic acids is 1. The fourth-order valence-electron chi connectivity index (χ4n) is 3.30. The monoisotopic (exact) mass is 327 g/mol. The molecule has 25 heavy (non-hydrogen) atoms. The SMILES string of the molecule is O=C1N=C(c2ccccc2)C(Cc2ccccc2)(c2ccccc2)O1. The Morgan fingerprint density at radius 3 is 1.96 bits per heavy atom. The molecule has 1 unspecified atom stereocenters. The van der Waals surface area contributed by atoms with E-state index in [2.05, 4.69) is 4.99 Å². The minimum atomic E-state index is -0.916. The summed E-state index contributed by atoms with van der Waals surface area (Å²) in [5.41, 5.74) is 2.65. The van der Waals surface area contributed by atoms with E-state index in [0.29, 0.717) is 12.1 Å². The van der Waals surface area contributed by atoms with E-state index in [-0.39, 0.29) is 0 Å². The van der Waals surface area contributed by atoms with Crippen LogP contribution >= 0.6 is 0 Å². The van der Waals surface area contributed by atoms with Gasteiger partial charge in [-0.3, -0.25) is 0 Å². The smallest absolute Gasteiger partial charge is 0.429 e. The van der Waals surface area contributed by atoms with Gasteiger partial charge in [-0.25, -0.2) is 4.79 Å². The average molecular weight is 327 g/mol. The molecule has 0 saturated carbocycles. The normalized spacial score (nSPS) is 19.4. The van der Waals surface area contributed by atoms with Gasteiger partial charge in [0, 0.05) is 17.5 Å². The average Bonchev–Trinajstić information content (AvgIpc) is 3.01. The highest BCUT2D eigenvalue weighted by Crippen LogP contribution is 2.38. The Hall–Kier alpha value is -3.20. The largest absolute Gasteiger partial charge is 0.435 e. The van der Waals surface area contributed by atoms with Gasteiger partial charge in [-0.1, -0.05) is 91.0 Å². The number of aliphatic imine (C=N–C) groups is 1. The molecule has 0 aliphatic carbocycles. The number of amides is 1. The Morgan fingerprint density at radius 2 is 1.32 bits per heavy atom. The highest BCUT2D eigenvalue weighted by atomic mass is 16.6. The second-order valence-electron chi connectivity index (χ2n) is 6.05. The molecule has 0 N–H and O–H groups in total. The van der Waals surface area contributed by atoms with Crippen molar-refractivity contribution < 1.29 is 9.53 Å². The van der Waals surface area contributed by atoms with Gasteiger partial charge >= 0.3 is 6.09 Å². The molecule has 3 heteroatoms. The maximum atomic E-state index is 12.2. The van der Waals surface area contributed by atoms with Crippen molar-refractivity contribution in [2.45, 2.75) is 12.0 Å². The van der Waals surface area contributed by atoms with Crippen molar-refractivity contribution in [3.8, 4) is 0 Å². The van der Waals surface area contributed by atoms with Gasteiger partial charge in [0.15, 0.2) is 5.60 Å². The standard InChI is InChI=1S/C22H17NO2/c24-21-23-20(18-12-6-2-7-13-18)22(25-21,19-14-8-3-9-15-19)16-17-10-4-1-5-11-17/h1-15H,16H2. The van der Waals surface area contributed by atoms with E-state index in [4.69, 9.17) is 4.74 Å². The van der Waals surface area contributed by atoms with Crippen LogP contribution in [0.2, 0.25) is 0 Å². The lowest BCUT2D eigenvalue weighted by Gasteiger charge is -2.30. The van der Waals surface area contributed by atoms with Gasteiger partial charge in [-0.05, 0) is 5.56 Å². The molecular formula is C22H17NO2. The summed E-state index contributed by atoms with van der Waals surface area (Å²) in [6.07, 6.45) is -0.00392. The zero-order valence-electron chi connectivity index (χ0n) is 13.6. The lowest BCUT2D eigenvalue weighted by atomic mass is 9.80. The van der Waals surface area contributed by atoms with Crippen LogP contribution in [0, 0.1) is 0 Å². The molecule has 1 amide bonds. The van der Waals surface area contributed by atoms with Crippen molar-refractivity contribution in [1.29, 1.82) is 0 Å². The van der Waals surface area contributed by atoms with Crippen molar-refractivity contribution in [2.75, 3.05) is 0 Å². The molecule has 0 bridgehead atoms. The van der Waals surface area contributed by atoms with Gasteiger partial charge in [-0.2, -0.15) is 4.99 Å². The molecule has 0 fully saturated rings. The van der Waals surface area contributed by atoms with Gasteiger partial charge in [0.1, 0.15) is 5.71 Å². The summed E-state index contributed by atoms with van der Waals surface area (Å²) in [5.74, 6) is 0. The third-order valence-electron chi connectivity index (χ3n) is 4.43. The number of benzene rings is 3. The molecule has 0 aromatic heterocycles. The predicted molar refractivity (Wildman–Crippen MR) is 97.7 cm³/mol. The molecule has 0 spiro atoms. The number of cyclic esters (lactones) is 1. The minimum Gasteiger partial charge on any atom is -0.429 e. The van der Waals surface area contributed by atoms with E-state index < -0.39 is 11.7 Å². The van der Waals surface area contributed by atoms with E-state index in [1.54, 1.807) is 0 Å². The maximum absolute atomic E-state index is 12.2. The van der Waals surface area contributed by atoms with Crippen molar-refractivity contribution in [3.63, 3.8) is 0 Å². The van der Waals surface area contributed by atoms with Crippen LogP contribution in [0.15, 0.2) is 96.0 Å². The van der Waals surface area contributed by atoms with Gasteiger partial charge < -0.3 is 4.74 Å². The number of rotatable bonds is 4. The summed E-state index contributed by atoms with van der Waals surface area (Å²) in [6, 6.07) is 29.6. The quantitative estimate of drug-likeness (QED) is 0.693. The number of nitrogens with zero attached hydrogens (tertiary/aromatic N) is 1. The van der Waals surface area contributed by atoms with E-state index in [1.807, 2.05) is 91.0 Å². The Balaban J connectivity index is 1.88. The zero-order valence-corrected chi connectivity index (χ0v) is 13.6. The molecule has 1 atom stereocenters. The molecule has 3 aromatic rings. The van der Waals surface area contributed by atoms with Gasteiger partial charge in [0.05, 0.1) is 0 Å². The molecule has 0 radical (unpaired) electrons. The Bertz CT molecular complexity index is 905. The highest BCUT2D eigenvalue weighted by molar-refractivity contribution is 6.14. The summed E-state index contributed by atoms with van der Waals surface area (Å²) in [5, 5.41) is 0. The first kappa shape index (κ1) is 15.3. The fourth-order valence-corrected chi connectivity index (χ4v) is 3.30. The number of carbonyl (C=O) groups is 1. The molecular weight excluding hydrogens is 310 g/mol. The van der Waals surface area contributed by atoms with E-state index >= 15 is 0 Å². The van der Waals surface area contributed by atoms with Crippen LogP contribution in [0.25, 0.3) is 0 Å². The number of hydrogen-bond acceptors (Lipinski definition) is 2. The molecule has 1 heterocycles. The predicted octanol–water partition coefficient (Wildman–Crippen LogP) is 4.76. The van der Waals surface area contributed by atoms with E-state index in [1.165, 1.54) is 0 Å². The van der Waals surface area contributed by atoms with Crippen LogP contribution in [0.1, 0.15) is 16.7 Å². The summed E-state index contributed by atoms with van der Waals surface area (Å²) in [4.78, 5) is 16.4. The Labute approximate surface area is 146 Å². The lowest BCUT2D eigenvalue weighted by molar-refractivity contribution is 0.0806. The first-order valence-electron chi connectivity index (χ1n) is 8.25. The van der Waals surface area contributed by atoms with E-state index in [9.17, 15) is 4.79 Å². The van der Waals surface area contributed by atoms with E-state index in [0.717, 1.165) is 16.7 Å². The van der Waals surface area contributed by atoms with Gasteiger partial charge in [-0.15, -0.1) is 0 Å². The third-order valence-corrected chi connectivity index (χ3v) is 4.43. The van der Waals surface area contributed by atoms with Crippen molar-refractivity contribution in [1.82, 2.24) is 0 Å². The molecule has 122 valence electrons. The van der Waals surface area contributed by atoms with Gasteiger partial charge in [0.2, 0.25) is 0 Å². The van der Waals surface area contributed by atoms with Crippen molar-refractivity contribution >= 4 is 11.8 Å². The second-order valence-corrected chi connectivity index (χ2v) is 6.05. The van der Waals surface area contributed by atoms with Crippen LogP contribution in [0.3, 0.4) is 0 Å². The van der Waals surface area contributed by atoms with Crippen LogP contribution in [0.5, 0.6) is 0 Å². The fraction of sp³-hybridized carbons (Fsp3) is 0.0909. The van der Waals surface area contributed by atoms with Gasteiger partial charge in [0.25, 0.3) is 0 Å². The number of hydrogen-bond donors (Lipinski definition) is 0. The summed E-state index contributed by atoms with van der Waals surface area (Å²) >= 11 is 0. The van der Waals surface area contributed by atoms with Crippen LogP contribution in [-0.4, -0.2) is 11.8 Å². The van der Waals surface area contributed by atoms with Crippen LogP contribution in [-0.2, 0) is 16.8 Å². The highest BCUT2D eigenvalue weighted by Gasteiger charge is 2.47. The first-order chi connectivity index (χ1) is 12.3. The third kappa shape index (κ3) is 2.85. The molecule has 1 aliphatic heterocycles. The Kier molecular flexibility index (Phi) is 3.90.